The predicted octanol–water partition coefficient (Wildman–Crippen LogP) is 1.80. The van der Waals surface area contributed by atoms with Gasteiger partial charge in [-0.2, -0.15) is 0 Å². The van der Waals surface area contributed by atoms with Crippen molar-refractivity contribution in [2.75, 3.05) is 26.2 Å². The Balaban J connectivity index is 2.07. The molecule has 0 unspecified atom stereocenters. The zero-order valence-corrected chi connectivity index (χ0v) is 8.98. The van der Waals surface area contributed by atoms with Gasteiger partial charge in [-0.1, -0.05) is 6.08 Å². The Kier molecular flexibility index (Phi) is 3.59. The summed E-state index contributed by atoms with van der Waals surface area (Å²) in [4.78, 5) is 2.49. The SMILES string of the molecule is C=CC[C@@H](c1ccoc1)N1CCNCC1. The van der Waals surface area contributed by atoms with E-state index in [0.717, 1.165) is 32.6 Å². The third kappa shape index (κ3) is 2.49. The van der Waals surface area contributed by atoms with Crippen LogP contribution in [0.5, 0.6) is 0 Å². The molecule has 0 aromatic carbocycles. The van der Waals surface area contributed by atoms with Gasteiger partial charge in [0, 0.05) is 37.8 Å². The van der Waals surface area contributed by atoms with Gasteiger partial charge in [0.25, 0.3) is 0 Å². The van der Waals surface area contributed by atoms with Crippen molar-refractivity contribution < 1.29 is 4.42 Å². The molecule has 1 fully saturated rings. The van der Waals surface area contributed by atoms with Crippen LogP contribution in [0.1, 0.15) is 18.0 Å². The largest absolute Gasteiger partial charge is 0.472 e. The van der Waals surface area contributed by atoms with E-state index in [1.165, 1.54) is 5.56 Å². The van der Waals surface area contributed by atoms with Gasteiger partial charge in [-0.3, -0.25) is 4.90 Å². The molecule has 1 aromatic rings. The van der Waals surface area contributed by atoms with E-state index in [1.807, 2.05) is 12.3 Å². The highest BCUT2D eigenvalue weighted by molar-refractivity contribution is 5.13. The summed E-state index contributed by atoms with van der Waals surface area (Å²) < 4.78 is 5.16. The summed E-state index contributed by atoms with van der Waals surface area (Å²) in [6, 6.07) is 2.49. The fourth-order valence-corrected chi connectivity index (χ4v) is 2.11. The average molecular weight is 206 g/mol. The standard InChI is InChI=1S/C12H18N2O/c1-2-3-12(11-4-9-15-10-11)14-7-5-13-6-8-14/h2,4,9-10,12-13H,1,3,5-8H2/t12-/m0/s1. The van der Waals surface area contributed by atoms with Crippen molar-refractivity contribution in [1.82, 2.24) is 10.2 Å². The Morgan fingerprint density at radius 2 is 2.33 bits per heavy atom. The molecule has 1 N–H and O–H groups in total. The highest BCUT2D eigenvalue weighted by Crippen LogP contribution is 2.25. The lowest BCUT2D eigenvalue weighted by molar-refractivity contribution is 0.174. The van der Waals surface area contributed by atoms with Crippen LogP contribution < -0.4 is 5.32 Å². The molecular formula is C12H18N2O. The molecule has 0 amide bonds. The van der Waals surface area contributed by atoms with Crippen LogP contribution in [0.2, 0.25) is 0 Å². The second kappa shape index (κ2) is 5.14. The molecule has 1 saturated heterocycles. The first-order valence-electron chi connectivity index (χ1n) is 5.49. The van der Waals surface area contributed by atoms with E-state index in [2.05, 4.69) is 22.9 Å². The van der Waals surface area contributed by atoms with Crippen LogP contribution in [0.3, 0.4) is 0 Å². The molecule has 3 nitrogen and oxygen atoms in total. The first-order valence-corrected chi connectivity index (χ1v) is 5.49. The summed E-state index contributed by atoms with van der Waals surface area (Å²) in [5, 5.41) is 3.37. The lowest BCUT2D eigenvalue weighted by Gasteiger charge is -2.33. The molecule has 82 valence electrons. The average Bonchev–Trinajstić information content (AvgIpc) is 2.80. The van der Waals surface area contributed by atoms with Crippen LogP contribution in [-0.4, -0.2) is 31.1 Å². The second-order valence-corrected chi connectivity index (χ2v) is 3.88. The first kappa shape index (κ1) is 10.5. The van der Waals surface area contributed by atoms with Crippen LogP contribution in [0.4, 0.5) is 0 Å². The molecule has 1 aromatic heterocycles. The van der Waals surface area contributed by atoms with Crippen molar-refractivity contribution in [3.05, 3.63) is 36.8 Å². The summed E-state index contributed by atoms with van der Waals surface area (Å²) in [7, 11) is 0. The van der Waals surface area contributed by atoms with E-state index in [-0.39, 0.29) is 0 Å². The summed E-state index contributed by atoms with van der Waals surface area (Å²) in [6.45, 7) is 8.18. The van der Waals surface area contributed by atoms with Gasteiger partial charge in [-0.15, -0.1) is 6.58 Å². The Bertz CT molecular complexity index is 289. The minimum absolute atomic E-state index is 0.434. The quantitative estimate of drug-likeness (QED) is 0.761. The van der Waals surface area contributed by atoms with Gasteiger partial charge < -0.3 is 9.73 Å². The summed E-state index contributed by atoms with van der Waals surface area (Å²) >= 11 is 0. The van der Waals surface area contributed by atoms with Gasteiger partial charge in [0.05, 0.1) is 12.5 Å². The minimum atomic E-state index is 0.434. The fraction of sp³-hybridized carbons (Fsp3) is 0.500. The van der Waals surface area contributed by atoms with Gasteiger partial charge in [0.2, 0.25) is 0 Å². The maximum atomic E-state index is 5.16. The molecule has 1 aliphatic rings. The third-order valence-electron chi connectivity index (χ3n) is 2.91. The van der Waals surface area contributed by atoms with Gasteiger partial charge in [0.15, 0.2) is 0 Å². The van der Waals surface area contributed by atoms with Crippen LogP contribution in [0, 0.1) is 0 Å². The number of hydrogen-bond acceptors (Lipinski definition) is 3. The number of nitrogens with zero attached hydrogens (tertiary/aromatic N) is 1. The Morgan fingerprint density at radius 3 is 2.93 bits per heavy atom. The maximum Gasteiger partial charge on any atom is 0.0950 e. The second-order valence-electron chi connectivity index (χ2n) is 3.88. The van der Waals surface area contributed by atoms with Crippen LogP contribution in [-0.2, 0) is 0 Å². The van der Waals surface area contributed by atoms with Gasteiger partial charge in [0.1, 0.15) is 0 Å². The van der Waals surface area contributed by atoms with Gasteiger partial charge in [-0.05, 0) is 12.5 Å². The summed E-state index contributed by atoms with van der Waals surface area (Å²) in [5.41, 5.74) is 1.26. The Hall–Kier alpha value is -1.06. The predicted molar refractivity (Wildman–Crippen MR) is 60.7 cm³/mol. The van der Waals surface area contributed by atoms with Crippen molar-refractivity contribution in [3.63, 3.8) is 0 Å². The lowest BCUT2D eigenvalue weighted by atomic mass is 10.0. The molecule has 2 rings (SSSR count). The first-order chi connectivity index (χ1) is 7.42. The molecule has 0 bridgehead atoms. The Morgan fingerprint density at radius 1 is 1.53 bits per heavy atom. The van der Waals surface area contributed by atoms with E-state index in [4.69, 9.17) is 4.42 Å². The summed E-state index contributed by atoms with van der Waals surface area (Å²) in [6.07, 6.45) is 6.56. The zero-order chi connectivity index (χ0) is 10.5. The fourth-order valence-electron chi connectivity index (χ4n) is 2.11. The lowest BCUT2D eigenvalue weighted by Crippen LogP contribution is -2.45. The number of rotatable bonds is 4. The highest BCUT2D eigenvalue weighted by atomic mass is 16.3. The van der Waals surface area contributed by atoms with E-state index >= 15 is 0 Å². The molecule has 0 aliphatic carbocycles. The van der Waals surface area contributed by atoms with E-state index in [1.54, 1.807) is 6.26 Å². The molecular weight excluding hydrogens is 188 g/mol. The molecule has 1 aliphatic heterocycles. The molecule has 0 saturated carbocycles. The smallest absolute Gasteiger partial charge is 0.0950 e. The Labute approximate surface area is 90.8 Å². The van der Waals surface area contributed by atoms with Crippen molar-refractivity contribution in [1.29, 1.82) is 0 Å². The number of piperazine rings is 1. The van der Waals surface area contributed by atoms with Crippen molar-refractivity contribution >= 4 is 0 Å². The molecule has 2 heterocycles. The van der Waals surface area contributed by atoms with Gasteiger partial charge in [-0.25, -0.2) is 0 Å². The van der Waals surface area contributed by atoms with Crippen LogP contribution in [0.15, 0.2) is 35.7 Å². The van der Waals surface area contributed by atoms with E-state index < -0.39 is 0 Å². The van der Waals surface area contributed by atoms with E-state index in [0.29, 0.717) is 6.04 Å². The summed E-state index contributed by atoms with van der Waals surface area (Å²) in [5.74, 6) is 0. The minimum Gasteiger partial charge on any atom is -0.472 e. The van der Waals surface area contributed by atoms with Crippen LogP contribution in [0.25, 0.3) is 0 Å². The normalized spacial score (nSPS) is 20.0. The van der Waals surface area contributed by atoms with Crippen LogP contribution >= 0.6 is 0 Å². The van der Waals surface area contributed by atoms with E-state index in [9.17, 15) is 0 Å². The topological polar surface area (TPSA) is 28.4 Å². The van der Waals surface area contributed by atoms with Crippen molar-refractivity contribution in [2.24, 2.45) is 0 Å². The molecule has 3 heteroatoms. The molecule has 0 spiro atoms. The third-order valence-corrected chi connectivity index (χ3v) is 2.91. The highest BCUT2D eigenvalue weighted by Gasteiger charge is 2.21. The molecule has 0 radical (unpaired) electrons. The number of furan rings is 1. The maximum absolute atomic E-state index is 5.16. The zero-order valence-electron chi connectivity index (χ0n) is 8.98. The number of hydrogen-bond donors (Lipinski definition) is 1. The van der Waals surface area contributed by atoms with Crippen molar-refractivity contribution in [2.45, 2.75) is 12.5 Å². The molecule has 15 heavy (non-hydrogen) atoms. The monoisotopic (exact) mass is 206 g/mol. The van der Waals surface area contributed by atoms with Gasteiger partial charge >= 0.3 is 0 Å². The number of nitrogens with one attached hydrogen (secondary N) is 1. The molecule has 1 atom stereocenters. The van der Waals surface area contributed by atoms with Crippen molar-refractivity contribution in [3.8, 4) is 0 Å².